The van der Waals surface area contributed by atoms with Crippen LogP contribution in [0.25, 0.3) is 22.1 Å². The standard InChI is InChI=1S/C40H47N15O11/c41-36-35-37(48-23-47-36)53(24-49-35)19-32(58)52(16-14-46-40(63)66-22-25-5-2-1-3-6-25)21-34(60)54(33(59)20-51-15-11-26-17-27(55(64)65)8-9-29(26)51)18-31(57)44-13-10-30(56)50-28(38(61)62)7-4-12-45-39(42)43/h1-3,5-6,8-9,11,15,17,23-24,28H,4,7,10,12-14,16,18-22H2,(H,44,57)(H,46,63)(H,50,56)(H,61,62)(H2,41,47,48)(H4,42,43,45)/t28-/m0/s1. The molecule has 26 heteroatoms. The van der Waals surface area contributed by atoms with E-state index >= 15 is 0 Å². The average Bonchev–Trinajstić information content (AvgIpc) is 3.89. The Hall–Kier alpha value is -8.71. The number of amides is 6. The zero-order valence-corrected chi connectivity index (χ0v) is 35.3. The van der Waals surface area contributed by atoms with Crippen LogP contribution in [0.1, 0.15) is 24.8 Å². The number of aromatic nitrogens is 5. The lowest BCUT2D eigenvalue weighted by molar-refractivity contribution is -0.384. The predicted octanol–water partition coefficient (Wildman–Crippen LogP) is -0.789. The van der Waals surface area contributed by atoms with Gasteiger partial charge in [-0.2, -0.15) is 0 Å². The molecule has 5 rings (SSSR count). The van der Waals surface area contributed by atoms with E-state index in [9.17, 15) is 48.8 Å². The van der Waals surface area contributed by atoms with Crippen molar-refractivity contribution in [2.75, 3.05) is 45.0 Å². The molecule has 0 spiro atoms. The summed E-state index contributed by atoms with van der Waals surface area (Å²) in [6.45, 7) is -3.39. The van der Waals surface area contributed by atoms with E-state index in [2.05, 4.69) is 35.9 Å². The van der Waals surface area contributed by atoms with Crippen LogP contribution in [-0.2, 0) is 53.2 Å². The first kappa shape index (κ1) is 48.3. The Balaban J connectivity index is 1.31. The Labute approximate surface area is 374 Å². The maximum Gasteiger partial charge on any atom is 0.407 e. The molecule has 2 aromatic carbocycles. The molecule has 348 valence electrons. The summed E-state index contributed by atoms with van der Waals surface area (Å²) in [7, 11) is 0. The maximum atomic E-state index is 14.2. The van der Waals surface area contributed by atoms with Crippen molar-refractivity contribution in [1.29, 1.82) is 0 Å². The van der Waals surface area contributed by atoms with Gasteiger partial charge in [-0.1, -0.05) is 30.3 Å². The minimum Gasteiger partial charge on any atom is -0.480 e. The highest BCUT2D eigenvalue weighted by atomic mass is 16.6. The molecule has 66 heavy (non-hydrogen) atoms. The fraction of sp³-hybridized carbons (Fsp3) is 0.325. The molecule has 0 aliphatic rings. The minimum atomic E-state index is -1.30. The molecule has 0 radical (unpaired) electrons. The van der Waals surface area contributed by atoms with Gasteiger partial charge in [-0.3, -0.25) is 44.0 Å². The molecule has 0 saturated carbocycles. The molecular weight excluding hydrogens is 867 g/mol. The number of imidazole rings is 1. The Kier molecular flexibility index (Phi) is 16.9. The van der Waals surface area contributed by atoms with E-state index in [4.69, 9.17) is 21.9 Å². The fourth-order valence-corrected chi connectivity index (χ4v) is 6.40. The van der Waals surface area contributed by atoms with Crippen molar-refractivity contribution in [3.05, 3.63) is 89.1 Å². The first-order valence-electron chi connectivity index (χ1n) is 20.1. The molecule has 1 atom stereocenters. The van der Waals surface area contributed by atoms with Gasteiger partial charge in [-0.25, -0.2) is 24.5 Å². The number of aliphatic carboxylic acids is 1. The Morgan fingerprint density at radius 1 is 0.894 bits per heavy atom. The number of non-ortho nitro benzene ring substituents is 1. The van der Waals surface area contributed by atoms with Crippen molar-refractivity contribution in [3.63, 3.8) is 0 Å². The minimum absolute atomic E-state index is 0.00676. The SMILES string of the molecule is NC(N)=NCCC[C@H](NC(=O)CCNC(=O)CN(C(=O)CN(CCNC(=O)OCc1ccccc1)C(=O)Cn1cnc2c(N)ncnc21)C(=O)Cn1ccc2cc([N+](=O)[O-])ccc21)C(=O)O. The number of anilines is 1. The van der Waals surface area contributed by atoms with Gasteiger partial charge in [-0.05, 0) is 30.5 Å². The smallest absolute Gasteiger partial charge is 0.407 e. The van der Waals surface area contributed by atoms with Crippen molar-refractivity contribution < 1.29 is 48.3 Å². The number of aliphatic imine (C=N–C) groups is 1. The summed E-state index contributed by atoms with van der Waals surface area (Å²) in [5.41, 5.74) is 17.8. The van der Waals surface area contributed by atoms with Crippen molar-refractivity contribution >= 4 is 81.1 Å². The molecule has 0 fully saturated rings. The highest BCUT2D eigenvalue weighted by Crippen LogP contribution is 2.22. The van der Waals surface area contributed by atoms with Crippen LogP contribution < -0.4 is 33.2 Å². The van der Waals surface area contributed by atoms with Gasteiger partial charge in [0.05, 0.1) is 11.3 Å². The first-order valence-corrected chi connectivity index (χ1v) is 20.1. The number of hydrogen-bond donors (Lipinski definition) is 7. The van der Waals surface area contributed by atoms with Gasteiger partial charge >= 0.3 is 12.1 Å². The number of nitrogens with one attached hydrogen (secondary N) is 3. The summed E-state index contributed by atoms with van der Waals surface area (Å²) in [6, 6.07) is 13.1. The quantitative estimate of drug-likeness (QED) is 0.0139. The number of imide groups is 1. The molecule has 0 aliphatic carbocycles. The van der Waals surface area contributed by atoms with E-state index in [1.165, 1.54) is 52.3 Å². The zero-order chi connectivity index (χ0) is 47.8. The van der Waals surface area contributed by atoms with Crippen LogP contribution >= 0.6 is 0 Å². The predicted molar refractivity (Wildman–Crippen MR) is 233 cm³/mol. The van der Waals surface area contributed by atoms with Gasteiger partial charge in [0.1, 0.15) is 50.7 Å². The number of benzene rings is 2. The molecular formula is C40H47N15O11. The summed E-state index contributed by atoms with van der Waals surface area (Å²) in [5, 5.41) is 28.6. The van der Waals surface area contributed by atoms with Crippen molar-refractivity contribution in [3.8, 4) is 0 Å². The number of alkyl carbamates (subject to hydrolysis) is 1. The Bertz CT molecular complexity index is 2610. The number of carboxylic acids is 1. The summed E-state index contributed by atoms with van der Waals surface area (Å²) in [4.78, 5) is 121. The number of nitro groups is 1. The molecule has 5 aromatic rings. The highest BCUT2D eigenvalue weighted by molar-refractivity contribution is 6.01. The lowest BCUT2D eigenvalue weighted by atomic mass is 10.1. The number of rotatable bonds is 23. The van der Waals surface area contributed by atoms with Crippen molar-refractivity contribution in [1.82, 2.24) is 49.8 Å². The van der Waals surface area contributed by atoms with Crippen LogP contribution in [0.5, 0.6) is 0 Å². The van der Waals surface area contributed by atoms with Crippen LogP contribution in [0.4, 0.5) is 16.3 Å². The summed E-state index contributed by atoms with van der Waals surface area (Å²) in [6.07, 6.45) is 2.98. The number of ether oxygens (including phenoxy) is 1. The van der Waals surface area contributed by atoms with Gasteiger partial charge in [0.2, 0.25) is 29.5 Å². The van der Waals surface area contributed by atoms with Crippen LogP contribution in [0.2, 0.25) is 0 Å². The molecule has 6 amide bonds. The molecule has 3 heterocycles. The number of carboxylic acid groups (broad SMARTS) is 1. The number of hydrogen-bond acceptors (Lipinski definition) is 15. The number of nitrogen functional groups attached to an aromatic ring is 1. The van der Waals surface area contributed by atoms with E-state index in [1.54, 1.807) is 30.3 Å². The molecule has 10 N–H and O–H groups in total. The average molecular weight is 914 g/mol. The third kappa shape index (κ3) is 13.9. The van der Waals surface area contributed by atoms with Crippen LogP contribution in [-0.4, -0.2) is 137 Å². The number of fused-ring (bicyclic) bond motifs is 2. The lowest BCUT2D eigenvalue weighted by Crippen LogP contribution is -2.51. The monoisotopic (exact) mass is 913 g/mol. The lowest BCUT2D eigenvalue weighted by Gasteiger charge is -2.27. The summed E-state index contributed by atoms with van der Waals surface area (Å²) < 4.78 is 8.02. The topological polar surface area (TPSA) is 374 Å². The largest absolute Gasteiger partial charge is 0.480 e. The Morgan fingerprint density at radius 2 is 1.65 bits per heavy atom. The zero-order valence-electron chi connectivity index (χ0n) is 35.3. The van der Waals surface area contributed by atoms with Crippen molar-refractivity contribution in [2.45, 2.75) is 45.0 Å². The van der Waals surface area contributed by atoms with E-state index in [0.29, 0.717) is 15.8 Å². The second-order valence-electron chi connectivity index (χ2n) is 14.4. The highest BCUT2D eigenvalue weighted by Gasteiger charge is 2.29. The third-order valence-electron chi connectivity index (χ3n) is 9.71. The van der Waals surface area contributed by atoms with Crippen LogP contribution in [0.15, 0.2) is 78.4 Å². The van der Waals surface area contributed by atoms with Gasteiger partial charge < -0.3 is 57.0 Å². The fourth-order valence-electron chi connectivity index (χ4n) is 6.40. The Morgan fingerprint density at radius 3 is 2.38 bits per heavy atom. The van der Waals surface area contributed by atoms with Gasteiger partial charge in [-0.15, -0.1) is 0 Å². The normalized spacial score (nSPS) is 11.3. The van der Waals surface area contributed by atoms with E-state index in [-0.39, 0.29) is 80.7 Å². The van der Waals surface area contributed by atoms with Gasteiger partial charge in [0.25, 0.3) is 5.69 Å². The molecule has 26 nitrogen and oxygen atoms in total. The number of nitrogens with zero attached hydrogens (tertiary/aromatic N) is 9. The van der Waals surface area contributed by atoms with E-state index in [1.807, 2.05) is 0 Å². The molecule has 3 aromatic heterocycles. The number of nitro benzene ring substituents is 1. The molecule has 0 unspecified atom stereocenters. The second-order valence-corrected chi connectivity index (χ2v) is 14.4. The summed E-state index contributed by atoms with van der Waals surface area (Å²) in [5.74, 6) is -5.68. The number of nitrogens with two attached hydrogens (primary N) is 3. The second kappa shape index (κ2) is 23.1. The first-order chi connectivity index (χ1) is 31.6. The third-order valence-corrected chi connectivity index (χ3v) is 9.71. The van der Waals surface area contributed by atoms with Crippen LogP contribution in [0.3, 0.4) is 0 Å². The van der Waals surface area contributed by atoms with Gasteiger partial charge in [0.15, 0.2) is 17.4 Å². The molecule has 0 saturated heterocycles. The molecule has 0 bridgehead atoms. The number of guanidine groups is 1. The maximum absolute atomic E-state index is 14.2. The molecule has 0 aliphatic heterocycles. The van der Waals surface area contributed by atoms with Gasteiger partial charge in [0, 0.05) is 61.8 Å². The number of carbonyl (C=O) groups is 7. The van der Waals surface area contributed by atoms with Crippen molar-refractivity contribution in [2.24, 2.45) is 16.5 Å². The van der Waals surface area contributed by atoms with Crippen LogP contribution in [0, 0.1) is 10.1 Å². The van der Waals surface area contributed by atoms with E-state index in [0.717, 1.165) is 10.5 Å². The summed E-state index contributed by atoms with van der Waals surface area (Å²) >= 11 is 0. The number of carbonyl (C=O) groups excluding carboxylic acids is 6. The van der Waals surface area contributed by atoms with E-state index < -0.39 is 78.7 Å².